The lowest BCUT2D eigenvalue weighted by molar-refractivity contribution is -0.668. The molecule has 0 saturated heterocycles. The van der Waals surface area contributed by atoms with Crippen molar-refractivity contribution in [1.82, 2.24) is 0 Å². The predicted molar refractivity (Wildman–Crippen MR) is 154 cm³/mol. The number of aryl methyl sites for hydroxylation is 1. The number of nitrogens with zero attached hydrogens (tertiary/aromatic N) is 2. The average Bonchev–Trinajstić information content (AvgIpc) is 3.33. The molecular weight excluding hydrogens is 555 g/mol. The molecule has 0 radical (unpaired) electrons. The molecule has 2 aromatic carbocycles. The summed E-state index contributed by atoms with van der Waals surface area (Å²) in [6.07, 6.45) is 7.75. The van der Waals surface area contributed by atoms with Crippen molar-refractivity contribution in [3.8, 4) is 0 Å². The highest BCUT2D eigenvalue weighted by atomic mass is 35.5. The fraction of sp³-hybridized carbons (Fsp3) is 0.346. The number of fused-ring (bicyclic) bond motifs is 2. The Morgan fingerprint density at radius 2 is 1.86 bits per heavy atom. The molecule has 1 aliphatic rings. The smallest absolute Gasteiger partial charge is 0.265 e. The van der Waals surface area contributed by atoms with Crippen LogP contribution in [0.4, 0.5) is 5.69 Å². The van der Waals surface area contributed by atoms with E-state index in [0.29, 0.717) is 18.0 Å². The van der Waals surface area contributed by atoms with Gasteiger partial charge in [0.05, 0.1) is 16.5 Å². The van der Waals surface area contributed by atoms with Crippen molar-refractivity contribution >= 4 is 78.4 Å². The summed E-state index contributed by atoms with van der Waals surface area (Å²) in [5.74, 6) is -0.282. The molecular formula is C26H29Cl2N2O3S3+. The SMILES string of the molecule is CCCCN1/C(=C/C(=C/c2sc3ccc(Cl)cc3[n+]2CCCS(=O)(=O)O)CC)Sc2ccc(Cl)cc21. The Kier molecular flexibility index (Phi) is 9.07. The summed E-state index contributed by atoms with van der Waals surface area (Å²) in [7, 11) is -4.02. The summed E-state index contributed by atoms with van der Waals surface area (Å²) >= 11 is 16.0. The number of allylic oxidation sites excluding steroid dienone is 2. The van der Waals surface area contributed by atoms with E-state index in [1.165, 1.54) is 15.5 Å². The molecule has 3 aromatic rings. The number of anilines is 1. The van der Waals surface area contributed by atoms with Crippen LogP contribution in [0.3, 0.4) is 0 Å². The minimum Gasteiger partial charge on any atom is -0.335 e. The fourth-order valence-corrected chi connectivity index (χ4v) is 7.23. The summed E-state index contributed by atoms with van der Waals surface area (Å²) in [4.78, 5) is 3.55. The summed E-state index contributed by atoms with van der Waals surface area (Å²) in [6, 6.07) is 11.8. The van der Waals surface area contributed by atoms with Crippen molar-refractivity contribution in [3.05, 3.63) is 68.1 Å². The van der Waals surface area contributed by atoms with Crippen molar-refractivity contribution in [2.24, 2.45) is 0 Å². The molecule has 0 unspecified atom stereocenters. The largest absolute Gasteiger partial charge is 0.335 e. The van der Waals surface area contributed by atoms with Gasteiger partial charge in [-0.05, 0) is 54.8 Å². The lowest BCUT2D eigenvalue weighted by Gasteiger charge is -2.20. The Labute approximate surface area is 231 Å². The highest BCUT2D eigenvalue weighted by Gasteiger charge is 2.26. The Hall–Kier alpha value is -1.55. The number of benzene rings is 2. The maximum absolute atomic E-state index is 11.3. The maximum atomic E-state index is 11.3. The zero-order chi connectivity index (χ0) is 25.9. The molecule has 0 aliphatic carbocycles. The van der Waals surface area contributed by atoms with Gasteiger partial charge >= 0.3 is 0 Å². The minimum atomic E-state index is -4.02. The van der Waals surface area contributed by atoms with E-state index in [9.17, 15) is 13.0 Å². The van der Waals surface area contributed by atoms with Gasteiger partial charge in [-0.2, -0.15) is 13.0 Å². The van der Waals surface area contributed by atoms with Crippen LogP contribution < -0.4 is 9.47 Å². The van der Waals surface area contributed by atoms with Gasteiger partial charge in [0.2, 0.25) is 5.52 Å². The van der Waals surface area contributed by atoms with E-state index < -0.39 is 10.1 Å². The second-order valence-corrected chi connectivity index (χ2v) is 13.2. The Morgan fingerprint density at radius 1 is 1.11 bits per heavy atom. The molecule has 2 heterocycles. The highest BCUT2D eigenvalue weighted by Crippen LogP contribution is 2.47. The van der Waals surface area contributed by atoms with Crippen LogP contribution >= 0.6 is 46.3 Å². The first kappa shape index (κ1) is 27.5. The fourth-order valence-electron chi connectivity index (χ4n) is 4.11. The van der Waals surface area contributed by atoms with Gasteiger partial charge in [-0.25, -0.2) is 0 Å². The van der Waals surface area contributed by atoms with Crippen LogP contribution in [0.5, 0.6) is 0 Å². The third-order valence-corrected chi connectivity index (χ3v) is 9.43. The predicted octanol–water partition coefficient (Wildman–Crippen LogP) is 7.82. The maximum Gasteiger partial charge on any atom is 0.265 e. The van der Waals surface area contributed by atoms with Gasteiger partial charge in [-0.1, -0.05) is 66.6 Å². The van der Waals surface area contributed by atoms with Crippen molar-refractivity contribution < 1.29 is 17.5 Å². The van der Waals surface area contributed by atoms with Crippen LogP contribution in [0.15, 0.2) is 58.0 Å². The molecule has 0 saturated carbocycles. The molecule has 0 fully saturated rings. The van der Waals surface area contributed by atoms with Crippen molar-refractivity contribution in [1.29, 1.82) is 0 Å². The lowest BCUT2D eigenvalue weighted by atomic mass is 10.2. The molecule has 10 heteroatoms. The van der Waals surface area contributed by atoms with Gasteiger partial charge < -0.3 is 4.90 Å². The number of thioether (sulfide) groups is 1. The van der Waals surface area contributed by atoms with Crippen LogP contribution in [0.25, 0.3) is 16.3 Å². The topological polar surface area (TPSA) is 61.5 Å². The van der Waals surface area contributed by atoms with Gasteiger partial charge in [0.25, 0.3) is 15.1 Å². The Balaban J connectivity index is 1.72. The van der Waals surface area contributed by atoms with E-state index in [4.69, 9.17) is 23.2 Å². The third kappa shape index (κ3) is 6.65. The van der Waals surface area contributed by atoms with Crippen molar-refractivity contribution in [3.63, 3.8) is 0 Å². The molecule has 5 nitrogen and oxygen atoms in total. The molecule has 1 aliphatic heterocycles. The molecule has 0 atom stereocenters. The summed E-state index contributed by atoms with van der Waals surface area (Å²) in [5.41, 5.74) is 3.28. The van der Waals surface area contributed by atoms with Gasteiger partial charge in [-0.3, -0.25) is 4.55 Å². The normalized spacial score (nSPS) is 15.3. The first-order valence-corrected chi connectivity index (χ1v) is 15.9. The Morgan fingerprint density at radius 3 is 2.58 bits per heavy atom. The number of thiazole rings is 1. The number of hydrogen-bond acceptors (Lipinski definition) is 5. The Bertz CT molecular complexity index is 1430. The average molecular weight is 585 g/mol. The number of unbranched alkanes of at least 4 members (excludes halogenated alkanes) is 1. The second-order valence-electron chi connectivity index (χ2n) is 8.62. The summed E-state index contributed by atoms with van der Waals surface area (Å²) < 4.78 is 35.0. The molecule has 192 valence electrons. The standard InChI is InChI=1S/C26H28Cl2N2O3S3/c1-3-5-11-29-21-16-19(27)7-9-23(21)34-25(29)14-18(4-2)15-26-30(12-6-13-36(31,32)33)22-17-20(28)8-10-24(22)35-26/h7-10,14-17H,3-6,11-13H2,1-2H3/p+1. The van der Waals surface area contributed by atoms with Crippen molar-refractivity contribution in [2.75, 3.05) is 17.2 Å². The zero-order valence-electron chi connectivity index (χ0n) is 20.2. The van der Waals surface area contributed by atoms with E-state index in [1.807, 2.05) is 30.3 Å². The summed E-state index contributed by atoms with van der Waals surface area (Å²) in [5, 5.41) is 3.55. The monoisotopic (exact) mass is 583 g/mol. The van der Waals surface area contributed by atoms with Gasteiger partial charge in [-0.15, -0.1) is 0 Å². The first-order chi connectivity index (χ1) is 17.2. The van der Waals surface area contributed by atoms with E-state index >= 15 is 0 Å². The molecule has 4 rings (SSSR count). The molecule has 36 heavy (non-hydrogen) atoms. The molecule has 1 N–H and O–H groups in total. The number of aromatic nitrogens is 1. The molecule has 1 aromatic heterocycles. The van der Waals surface area contributed by atoms with E-state index in [2.05, 4.69) is 41.5 Å². The van der Waals surface area contributed by atoms with Crippen molar-refractivity contribution in [2.45, 2.75) is 51.0 Å². The van der Waals surface area contributed by atoms with Crippen LogP contribution in [0, 0.1) is 0 Å². The number of hydrogen-bond donors (Lipinski definition) is 1. The van der Waals surface area contributed by atoms with Crippen LogP contribution in [0.1, 0.15) is 44.5 Å². The number of halogens is 2. The highest BCUT2D eigenvalue weighted by molar-refractivity contribution is 8.03. The second kappa shape index (κ2) is 11.9. The number of rotatable bonds is 10. The third-order valence-electron chi connectivity index (χ3n) is 5.93. The zero-order valence-corrected chi connectivity index (χ0v) is 24.2. The van der Waals surface area contributed by atoms with Gasteiger partial charge in [0.1, 0.15) is 4.70 Å². The molecule has 0 spiro atoms. The summed E-state index contributed by atoms with van der Waals surface area (Å²) in [6.45, 7) is 5.71. The van der Waals surface area contributed by atoms with E-state index in [1.54, 1.807) is 23.1 Å². The van der Waals surface area contributed by atoms with E-state index in [0.717, 1.165) is 51.7 Å². The van der Waals surface area contributed by atoms with Crippen LogP contribution in [-0.4, -0.2) is 25.3 Å². The molecule has 0 bridgehead atoms. The minimum absolute atomic E-state index is 0.282. The lowest BCUT2D eigenvalue weighted by Crippen LogP contribution is -2.36. The van der Waals surface area contributed by atoms with Gasteiger partial charge in [0, 0.05) is 40.0 Å². The first-order valence-electron chi connectivity index (χ1n) is 11.9. The quantitative estimate of drug-likeness (QED) is 0.195. The van der Waals surface area contributed by atoms with Crippen LogP contribution in [-0.2, 0) is 16.7 Å². The van der Waals surface area contributed by atoms with E-state index in [-0.39, 0.29) is 5.75 Å². The van der Waals surface area contributed by atoms with Gasteiger partial charge in [0.15, 0.2) is 6.54 Å². The van der Waals surface area contributed by atoms with Crippen LogP contribution in [0.2, 0.25) is 10.0 Å². The molecule has 0 amide bonds.